The Morgan fingerprint density at radius 1 is 0.875 bits per heavy atom. The number of hydrogen-bond acceptors (Lipinski definition) is 5. The van der Waals surface area contributed by atoms with Gasteiger partial charge < -0.3 is 9.32 Å². The molecule has 0 radical (unpaired) electrons. The van der Waals surface area contributed by atoms with E-state index in [1.165, 1.54) is 0 Å². The molecule has 1 N–H and O–H groups in total. The van der Waals surface area contributed by atoms with Crippen LogP contribution in [-0.4, -0.2) is 28.6 Å². The van der Waals surface area contributed by atoms with E-state index in [1.54, 1.807) is 17.0 Å². The zero-order valence-corrected chi connectivity index (χ0v) is 17.1. The largest absolute Gasteiger partial charge is 0.407 e. The van der Waals surface area contributed by atoms with Crippen molar-refractivity contribution in [2.45, 2.75) is 12.3 Å². The van der Waals surface area contributed by atoms with Gasteiger partial charge in [-0.05, 0) is 35.4 Å². The fourth-order valence-corrected chi connectivity index (χ4v) is 3.79. The number of amides is 2. The van der Waals surface area contributed by atoms with Crippen LogP contribution in [0.25, 0.3) is 11.1 Å². The van der Waals surface area contributed by atoms with Crippen molar-refractivity contribution in [2.75, 3.05) is 16.8 Å². The van der Waals surface area contributed by atoms with Crippen molar-refractivity contribution in [1.29, 1.82) is 0 Å². The quantitative estimate of drug-likeness (QED) is 0.509. The third kappa shape index (κ3) is 4.00. The molecule has 32 heavy (non-hydrogen) atoms. The molecule has 3 aromatic carbocycles. The number of nitrogens with zero attached hydrogens (tertiary/aromatic N) is 3. The van der Waals surface area contributed by atoms with E-state index in [2.05, 4.69) is 15.5 Å². The second kappa shape index (κ2) is 8.47. The minimum atomic E-state index is -0.340. The monoisotopic (exact) mass is 424 g/mol. The van der Waals surface area contributed by atoms with Crippen LogP contribution in [0.4, 0.5) is 11.7 Å². The van der Waals surface area contributed by atoms with Gasteiger partial charge in [-0.15, -0.1) is 5.10 Å². The smallest absolute Gasteiger partial charge is 0.322 e. The molecule has 2 amide bonds. The standard InChI is InChI=1S/C25H20N4O3/c30-22-15-20(16-29(22)21-9-5-2-6-10-21)24-27-28-25(32-24)26-23(31)19-13-11-18(12-14-19)17-7-3-1-4-8-17/h1-14,20H,15-16H2,(H,26,28,31). The van der Waals surface area contributed by atoms with Crippen LogP contribution in [-0.2, 0) is 4.79 Å². The Morgan fingerprint density at radius 3 is 2.25 bits per heavy atom. The van der Waals surface area contributed by atoms with Gasteiger partial charge in [-0.1, -0.05) is 65.8 Å². The Labute approximate surface area is 184 Å². The molecule has 7 heteroatoms. The van der Waals surface area contributed by atoms with Crippen LogP contribution in [0, 0.1) is 0 Å². The first-order valence-corrected chi connectivity index (χ1v) is 10.3. The normalized spacial score (nSPS) is 15.7. The van der Waals surface area contributed by atoms with Crippen LogP contribution >= 0.6 is 0 Å². The number of benzene rings is 3. The van der Waals surface area contributed by atoms with Gasteiger partial charge >= 0.3 is 6.01 Å². The van der Waals surface area contributed by atoms with E-state index in [4.69, 9.17) is 4.42 Å². The number of carbonyl (C=O) groups excluding carboxylic acids is 2. The van der Waals surface area contributed by atoms with Crippen molar-refractivity contribution >= 4 is 23.5 Å². The van der Waals surface area contributed by atoms with Crippen molar-refractivity contribution in [3.63, 3.8) is 0 Å². The third-order valence-electron chi connectivity index (χ3n) is 5.46. The van der Waals surface area contributed by atoms with E-state index in [0.29, 0.717) is 18.0 Å². The molecule has 5 rings (SSSR count). The van der Waals surface area contributed by atoms with E-state index in [9.17, 15) is 9.59 Å². The average Bonchev–Trinajstić information content (AvgIpc) is 3.47. The fraction of sp³-hybridized carbons (Fsp3) is 0.120. The third-order valence-corrected chi connectivity index (χ3v) is 5.46. The van der Waals surface area contributed by atoms with Crippen molar-refractivity contribution in [3.05, 3.63) is 96.4 Å². The predicted octanol–water partition coefficient (Wildman–Crippen LogP) is 4.51. The predicted molar refractivity (Wildman–Crippen MR) is 120 cm³/mol. The molecule has 0 aliphatic carbocycles. The molecule has 1 aliphatic heterocycles. The molecular weight excluding hydrogens is 404 g/mol. The molecule has 1 fully saturated rings. The van der Waals surface area contributed by atoms with E-state index in [0.717, 1.165) is 16.8 Å². The highest BCUT2D eigenvalue weighted by molar-refractivity contribution is 6.03. The lowest BCUT2D eigenvalue weighted by Gasteiger charge is -2.15. The lowest BCUT2D eigenvalue weighted by molar-refractivity contribution is -0.117. The van der Waals surface area contributed by atoms with E-state index in [1.807, 2.05) is 72.8 Å². The summed E-state index contributed by atoms with van der Waals surface area (Å²) in [6.07, 6.45) is 0.283. The number of rotatable bonds is 5. The first kappa shape index (κ1) is 19.7. The van der Waals surface area contributed by atoms with Gasteiger partial charge in [-0.25, -0.2) is 0 Å². The Bertz CT molecular complexity index is 1240. The van der Waals surface area contributed by atoms with Crippen molar-refractivity contribution in [1.82, 2.24) is 10.2 Å². The summed E-state index contributed by atoms with van der Waals surface area (Å²) in [6.45, 7) is 0.458. The lowest BCUT2D eigenvalue weighted by atomic mass is 10.0. The highest BCUT2D eigenvalue weighted by Gasteiger charge is 2.35. The van der Waals surface area contributed by atoms with Gasteiger partial charge in [0.15, 0.2) is 0 Å². The second-order valence-corrected chi connectivity index (χ2v) is 7.58. The lowest BCUT2D eigenvalue weighted by Crippen LogP contribution is -2.24. The minimum Gasteiger partial charge on any atom is -0.407 e. The van der Waals surface area contributed by atoms with Crippen LogP contribution < -0.4 is 10.2 Å². The van der Waals surface area contributed by atoms with Gasteiger partial charge in [0.1, 0.15) is 0 Å². The van der Waals surface area contributed by atoms with Crippen LogP contribution in [0.15, 0.2) is 89.3 Å². The molecule has 1 aromatic heterocycles. The molecule has 158 valence electrons. The molecule has 1 saturated heterocycles. The Hall–Kier alpha value is -4.26. The maximum absolute atomic E-state index is 12.6. The van der Waals surface area contributed by atoms with Gasteiger partial charge in [0, 0.05) is 24.2 Å². The Balaban J connectivity index is 1.24. The van der Waals surface area contributed by atoms with Gasteiger partial charge in [-0.2, -0.15) is 0 Å². The van der Waals surface area contributed by atoms with Crippen molar-refractivity contribution in [2.24, 2.45) is 0 Å². The van der Waals surface area contributed by atoms with Crippen LogP contribution in [0.5, 0.6) is 0 Å². The molecule has 1 atom stereocenters. The van der Waals surface area contributed by atoms with E-state index < -0.39 is 0 Å². The number of anilines is 2. The van der Waals surface area contributed by atoms with Crippen molar-refractivity contribution < 1.29 is 14.0 Å². The first-order chi connectivity index (χ1) is 15.7. The summed E-state index contributed by atoms with van der Waals surface area (Å²) in [4.78, 5) is 26.7. The van der Waals surface area contributed by atoms with Crippen LogP contribution in [0.3, 0.4) is 0 Å². The van der Waals surface area contributed by atoms with E-state index >= 15 is 0 Å². The van der Waals surface area contributed by atoms with Crippen LogP contribution in [0.1, 0.15) is 28.6 Å². The van der Waals surface area contributed by atoms with E-state index in [-0.39, 0.29) is 30.2 Å². The molecule has 0 spiro atoms. The maximum Gasteiger partial charge on any atom is 0.322 e. The molecule has 1 unspecified atom stereocenters. The SMILES string of the molecule is O=C(Nc1nnc(C2CC(=O)N(c3ccccc3)C2)o1)c1ccc(-c2ccccc2)cc1. The summed E-state index contributed by atoms with van der Waals surface area (Å²) in [5.41, 5.74) is 3.43. The summed E-state index contributed by atoms with van der Waals surface area (Å²) in [5.74, 6) is -0.214. The fourth-order valence-electron chi connectivity index (χ4n) is 3.79. The summed E-state index contributed by atoms with van der Waals surface area (Å²) in [6, 6.07) is 26.7. The number of nitrogens with one attached hydrogen (secondary N) is 1. The zero-order chi connectivity index (χ0) is 21.9. The molecule has 4 aromatic rings. The highest BCUT2D eigenvalue weighted by atomic mass is 16.4. The van der Waals surface area contributed by atoms with Crippen LogP contribution in [0.2, 0.25) is 0 Å². The number of hydrogen-bond donors (Lipinski definition) is 1. The second-order valence-electron chi connectivity index (χ2n) is 7.58. The molecule has 1 aliphatic rings. The summed E-state index contributed by atoms with van der Waals surface area (Å²) in [5, 5.41) is 10.6. The van der Waals surface area contributed by atoms with Crippen molar-refractivity contribution in [3.8, 4) is 11.1 Å². The molecule has 7 nitrogen and oxygen atoms in total. The molecule has 2 heterocycles. The Kier molecular flexibility index (Phi) is 5.21. The van der Waals surface area contributed by atoms with Gasteiger partial charge in [0.2, 0.25) is 11.8 Å². The number of carbonyl (C=O) groups is 2. The van der Waals surface area contributed by atoms with Gasteiger partial charge in [0.25, 0.3) is 5.91 Å². The summed E-state index contributed by atoms with van der Waals surface area (Å²) < 4.78 is 5.65. The Morgan fingerprint density at radius 2 is 1.53 bits per heavy atom. The molecular formula is C25H20N4O3. The number of aromatic nitrogens is 2. The zero-order valence-electron chi connectivity index (χ0n) is 17.1. The maximum atomic E-state index is 12.6. The van der Waals surface area contributed by atoms with Gasteiger partial charge in [-0.3, -0.25) is 14.9 Å². The summed E-state index contributed by atoms with van der Waals surface area (Å²) >= 11 is 0. The average molecular weight is 424 g/mol. The highest BCUT2D eigenvalue weighted by Crippen LogP contribution is 2.31. The topological polar surface area (TPSA) is 88.3 Å². The van der Waals surface area contributed by atoms with Gasteiger partial charge in [0.05, 0.1) is 5.92 Å². The minimum absolute atomic E-state index is 0.00323. The molecule has 0 saturated carbocycles. The first-order valence-electron chi connectivity index (χ1n) is 10.3. The summed E-state index contributed by atoms with van der Waals surface area (Å²) in [7, 11) is 0. The molecule has 0 bridgehead atoms. The number of para-hydroxylation sites is 1.